The standard InChI is InChI=1S/C19H23N3O3/c1-3-25-15-9-12(8-14(20)19(15)24-2)13-10-16(23)21-17-11-4-6-22(7-5-11)18(13)17/h8-11H,3-7,20H2,1-2H3,(H,21,23). The van der Waals surface area contributed by atoms with Gasteiger partial charge in [-0.3, -0.25) is 4.79 Å². The van der Waals surface area contributed by atoms with Crippen molar-refractivity contribution in [3.63, 3.8) is 0 Å². The number of anilines is 2. The molecule has 6 nitrogen and oxygen atoms in total. The number of hydrogen-bond donors (Lipinski definition) is 2. The highest BCUT2D eigenvalue weighted by molar-refractivity contribution is 5.85. The van der Waals surface area contributed by atoms with Gasteiger partial charge in [-0.05, 0) is 37.5 Å². The summed E-state index contributed by atoms with van der Waals surface area (Å²) in [5.74, 6) is 1.57. The summed E-state index contributed by atoms with van der Waals surface area (Å²) in [4.78, 5) is 17.7. The molecule has 6 heteroatoms. The predicted octanol–water partition coefficient (Wildman–Crippen LogP) is 2.73. The third-order valence-corrected chi connectivity index (χ3v) is 5.16. The number of methoxy groups -OCH3 is 1. The first-order valence-electron chi connectivity index (χ1n) is 8.75. The van der Waals surface area contributed by atoms with Gasteiger partial charge in [0.05, 0.1) is 25.1 Å². The number of pyridine rings is 1. The molecule has 1 saturated heterocycles. The predicted molar refractivity (Wildman–Crippen MR) is 98.8 cm³/mol. The van der Waals surface area contributed by atoms with Crippen molar-refractivity contribution in [3.05, 3.63) is 34.2 Å². The van der Waals surface area contributed by atoms with Crippen molar-refractivity contribution in [2.75, 3.05) is 37.4 Å². The van der Waals surface area contributed by atoms with Gasteiger partial charge in [0.25, 0.3) is 0 Å². The van der Waals surface area contributed by atoms with E-state index in [2.05, 4.69) is 9.88 Å². The number of piperidine rings is 1. The van der Waals surface area contributed by atoms with Crippen LogP contribution >= 0.6 is 0 Å². The number of ether oxygens (including phenoxy) is 2. The average molecular weight is 341 g/mol. The number of nitrogen functional groups attached to an aromatic ring is 1. The molecular weight excluding hydrogens is 318 g/mol. The van der Waals surface area contributed by atoms with E-state index in [-0.39, 0.29) is 5.56 Å². The summed E-state index contributed by atoms with van der Waals surface area (Å²) < 4.78 is 11.1. The SMILES string of the molecule is CCOc1cc(-c2cc(=O)[nH]c3c2N2CCC3CC2)cc(N)c1OC. The summed E-state index contributed by atoms with van der Waals surface area (Å²) in [5.41, 5.74) is 10.6. The first-order valence-corrected chi connectivity index (χ1v) is 8.75. The zero-order chi connectivity index (χ0) is 17.6. The van der Waals surface area contributed by atoms with Crippen LogP contribution in [0.3, 0.4) is 0 Å². The smallest absolute Gasteiger partial charge is 0.248 e. The van der Waals surface area contributed by atoms with E-state index in [4.69, 9.17) is 15.2 Å². The molecule has 25 heavy (non-hydrogen) atoms. The molecule has 2 aromatic rings. The average Bonchev–Trinajstić information content (AvgIpc) is 2.62. The Morgan fingerprint density at radius 3 is 2.72 bits per heavy atom. The maximum atomic E-state index is 12.3. The molecule has 0 atom stereocenters. The number of rotatable bonds is 4. The van der Waals surface area contributed by atoms with Crippen molar-refractivity contribution < 1.29 is 9.47 Å². The van der Waals surface area contributed by atoms with E-state index in [0.717, 1.165) is 48.4 Å². The second-order valence-electron chi connectivity index (χ2n) is 6.60. The number of H-pyrrole nitrogens is 1. The largest absolute Gasteiger partial charge is 0.491 e. The van der Waals surface area contributed by atoms with Gasteiger partial charge in [-0.15, -0.1) is 0 Å². The molecule has 0 unspecified atom stereocenters. The molecule has 3 aliphatic rings. The summed E-state index contributed by atoms with van der Waals surface area (Å²) in [7, 11) is 1.58. The number of benzene rings is 1. The van der Waals surface area contributed by atoms with Crippen molar-refractivity contribution in [1.82, 2.24) is 4.98 Å². The van der Waals surface area contributed by atoms with Gasteiger partial charge in [0.2, 0.25) is 5.56 Å². The van der Waals surface area contributed by atoms with Gasteiger partial charge in [0, 0.05) is 36.3 Å². The Labute approximate surface area is 146 Å². The van der Waals surface area contributed by atoms with Crippen molar-refractivity contribution >= 4 is 11.4 Å². The van der Waals surface area contributed by atoms with Crippen LogP contribution in [0.4, 0.5) is 11.4 Å². The quantitative estimate of drug-likeness (QED) is 0.836. The summed E-state index contributed by atoms with van der Waals surface area (Å²) >= 11 is 0. The molecule has 132 valence electrons. The lowest BCUT2D eigenvalue weighted by Crippen LogP contribution is -2.40. The number of nitrogens with zero attached hydrogens (tertiary/aromatic N) is 1. The molecule has 1 aromatic carbocycles. The molecule has 1 aromatic heterocycles. The molecular formula is C19H23N3O3. The van der Waals surface area contributed by atoms with E-state index in [9.17, 15) is 4.79 Å². The minimum atomic E-state index is -0.0742. The van der Waals surface area contributed by atoms with Gasteiger partial charge in [-0.1, -0.05) is 0 Å². The van der Waals surface area contributed by atoms with E-state index in [1.54, 1.807) is 13.2 Å². The topological polar surface area (TPSA) is 80.6 Å². The number of aromatic nitrogens is 1. The molecule has 0 saturated carbocycles. The fourth-order valence-electron chi connectivity index (χ4n) is 4.08. The molecule has 3 aliphatic heterocycles. The maximum Gasteiger partial charge on any atom is 0.248 e. The van der Waals surface area contributed by atoms with E-state index < -0.39 is 0 Å². The zero-order valence-electron chi connectivity index (χ0n) is 14.6. The van der Waals surface area contributed by atoms with Crippen LogP contribution in [-0.2, 0) is 0 Å². The van der Waals surface area contributed by atoms with Crippen LogP contribution in [0.2, 0.25) is 0 Å². The maximum absolute atomic E-state index is 12.3. The molecule has 0 amide bonds. The highest BCUT2D eigenvalue weighted by atomic mass is 16.5. The molecule has 0 spiro atoms. The second-order valence-corrected chi connectivity index (χ2v) is 6.60. The Morgan fingerprint density at radius 1 is 1.28 bits per heavy atom. The van der Waals surface area contributed by atoms with Crippen LogP contribution in [0.1, 0.15) is 31.4 Å². The minimum absolute atomic E-state index is 0.0742. The summed E-state index contributed by atoms with van der Waals surface area (Å²) in [6, 6.07) is 5.44. The van der Waals surface area contributed by atoms with Gasteiger partial charge in [-0.2, -0.15) is 0 Å². The van der Waals surface area contributed by atoms with Gasteiger partial charge >= 0.3 is 0 Å². The summed E-state index contributed by atoms with van der Waals surface area (Å²) in [6.07, 6.45) is 2.20. The Kier molecular flexibility index (Phi) is 3.82. The zero-order valence-corrected chi connectivity index (χ0v) is 14.6. The van der Waals surface area contributed by atoms with Crippen LogP contribution in [0, 0.1) is 0 Å². The molecule has 2 bridgehead atoms. The monoisotopic (exact) mass is 341 g/mol. The van der Waals surface area contributed by atoms with Crippen LogP contribution in [0.15, 0.2) is 23.0 Å². The van der Waals surface area contributed by atoms with Crippen molar-refractivity contribution in [1.29, 1.82) is 0 Å². The highest BCUT2D eigenvalue weighted by Crippen LogP contribution is 2.47. The second kappa shape index (κ2) is 6.02. The minimum Gasteiger partial charge on any atom is -0.491 e. The van der Waals surface area contributed by atoms with E-state index in [1.807, 2.05) is 19.1 Å². The van der Waals surface area contributed by atoms with Crippen LogP contribution in [0.25, 0.3) is 11.1 Å². The van der Waals surface area contributed by atoms with Gasteiger partial charge < -0.3 is 25.1 Å². The third kappa shape index (κ3) is 2.52. The Hall–Kier alpha value is -2.63. The Balaban J connectivity index is 1.93. The summed E-state index contributed by atoms with van der Waals surface area (Å²) in [6.45, 7) is 4.49. The van der Waals surface area contributed by atoms with Crippen LogP contribution in [0.5, 0.6) is 11.5 Å². The molecule has 0 aliphatic carbocycles. The number of fused-ring (bicyclic) bond motifs is 2. The lowest BCUT2D eigenvalue weighted by molar-refractivity contribution is 0.312. The molecule has 3 N–H and O–H groups in total. The highest BCUT2D eigenvalue weighted by Gasteiger charge is 2.34. The molecule has 4 heterocycles. The van der Waals surface area contributed by atoms with Gasteiger partial charge in [0.1, 0.15) is 0 Å². The van der Waals surface area contributed by atoms with Gasteiger partial charge in [0.15, 0.2) is 11.5 Å². The molecule has 1 fully saturated rings. The lowest BCUT2D eigenvalue weighted by atomic mass is 9.84. The Morgan fingerprint density at radius 2 is 2.04 bits per heavy atom. The van der Waals surface area contributed by atoms with Crippen LogP contribution < -0.4 is 25.7 Å². The molecule has 0 radical (unpaired) electrons. The first kappa shape index (κ1) is 15.9. The van der Waals surface area contributed by atoms with E-state index in [1.165, 1.54) is 0 Å². The normalized spacial score (nSPS) is 16.0. The number of nitrogens with one attached hydrogen (secondary N) is 1. The number of hydrogen-bond acceptors (Lipinski definition) is 5. The third-order valence-electron chi connectivity index (χ3n) is 5.16. The van der Waals surface area contributed by atoms with E-state index >= 15 is 0 Å². The molecule has 5 rings (SSSR count). The fourth-order valence-corrected chi connectivity index (χ4v) is 4.08. The van der Waals surface area contributed by atoms with Crippen molar-refractivity contribution in [2.45, 2.75) is 25.7 Å². The Bertz CT molecular complexity index is 867. The number of nitrogens with two attached hydrogens (primary N) is 1. The fraction of sp³-hybridized carbons (Fsp3) is 0.421. The van der Waals surface area contributed by atoms with Crippen molar-refractivity contribution in [2.24, 2.45) is 0 Å². The van der Waals surface area contributed by atoms with Crippen molar-refractivity contribution in [3.8, 4) is 22.6 Å². The lowest BCUT2D eigenvalue weighted by Gasteiger charge is -2.42. The van der Waals surface area contributed by atoms with Crippen LogP contribution in [-0.4, -0.2) is 31.8 Å². The summed E-state index contributed by atoms with van der Waals surface area (Å²) in [5, 5.41) is 0. The van der Waals surface area contributed by atoms with Gasteiger partial charge in [-0.25, -0.2) is 0 Å². The first-order chi connectivity index (χ1) is 12.1. The van der Waals surface area contributed by atoms with E-state index in [0.29, 0.717) is 29.7 Å². The number of aromatic amines is 1.